The fourth-order valence-corrected chi connectivity index (χ4v) is 5.29. The Morgan fingerprint density at radius 2 is 1.90 bits per heavy atom. The summed E-state index contributed by atoms with van der Waals surface area (Å²) in [7, 11) is -3.69. The minimum atomic E-state index is -3.69. The first kappa shape index (κ1) is 20.5. The van der Waals surface area contributed by atoms with Crippen LogP contribution in [-0.2, 0) is 24.3 Å². The van der Waals surface area contributed by atoms with E-state index in [0.29, 0.717) is 48.7 Å². The van der Waals surface area contributed by atoms with Crippen molar-refractivity contribution in [2.24, 2.45) is 0 Å². The van der Waals surface area contributed by atoms with E-state index in [-0.39, 0.29) is 17.2 Å². The third kappa shape index (κ3) is 3.96. The maximum atomic E-state index is 13.0. The van der Waals surface area contributed by atoms with Crippen LogP contribution < -0.4 is 5.32 Å². The molecule has 0 saturated carbocycles. The maximum Gasteiger partial charge on any atom is 0.339 e. The zero-order chi connectivity index (χ0) is 21.3. The van der Waals surface area contributed by atoms with E-state index in [1.54, 1.807) is 43.3 Å². The predicted molar refractivity (Wildman–Crippen MR) is 109 cm³/mol. The van der Waals surface area contributed by atoms with Crippen molar-refractivity contribution in [1.29, 1.82) is 0 Å². The molecule has 8 nitrogen and oxygen atoms in total. The highest BCUT2D eigenvalue weighted by atomic mass is 32.2. The minimum Gasteiger partial charge on any atom is -0.453 e. The summed E-state index contributed by atoms with van der Waals surface area (Å²) in [4.78, 5) is 24.6. The van der Waals surface area contributed by atoms with Gasteiger partial charge in [0.05, 0.1) is 30.1 Å². The number of carbonyl (C=O) groups excluding carboxylic acids is 2. The number of hydrogen-bond donors (Lipinski definition) is 1. The van der Waals surface area contributed by atoms with Crippen molar-refractivity contribution in [2.45, 2.75) is 24.3 Å². The van der Waals surface area contributed by atoms with Crippen LogP contribution in [0.25, 0.3) is 0 Å². The Labute approximate surface area is 174 Å². The van der Waals surface area contributed by atoms with Crippen molar-refractivity contribution in [3.63, 3.8) is 0 Å². The monoisotopic (exact) mass is 430 g/mol. The summed E-state index contributed by atoms with van der Waals surface area (Å²) in [6.07, 6.45) is -0.710. The number of aryl methyl sites for hydroxylation is 1. The molecule has 2 aliphatic rings. The van der Waals surface area contributed by atoms with Crippen LogP contribution in [0.4, 0.5) is 5.69 Å². The molecule has 1 fully saturated rings. The topological polar surface area (TPSA) is 102 Å². The van der Waals surface area contributed by atoms with Gasteiger partial charge in [0, 0.05) is 24.3 Å². The second-order valence-electron chi connectivity index (χ2n) is 7.23. The van der Waals surface area contributed by atoms with Crippen LogP contribution in [-0.4, -0.2) is 50.9 Å². The number of rotatable bonds is 5. The largest absolute Gasteiger partial charge is 0.453 e. The van der Waals surface area contributed by atoms with Gasteiger partial charge >= 0.3 is 5.97 Å². The summed E-state index contributed by atoms with van der Waals surface area (Å²) in [6, 6.07) is 11.7. The molecule has 0 spiro atoms. The lowest BCUT2D eigenvalue weighted by molar-refractivity contribution is -0.118. The molecule has 1 atom stereocenters. The van der Waals surface area contributed by atoms with Crippen molar-refractivity contribution < 1.29 is 27.5 Å². The molecule has 0 aliphatic carbocycles. The zero-order valence-electron chi connectivity index (χ0n) is 16.5. The van der Waals surface area contributed by atoms with Crippen LogP contribution in [0.5, 0.6) is 0 Å². The molecule has 158 valence electrons. The molecule has 2 aromatic carbocycles. The van der Waals surface area contributed by atoms with E-state index in [1.165, 1.54) is 10.4 Å². The molecule has 2 aliphatic heterocycles. The van der Waals surface area contributed by atoms with Gasteiger partial charge in [0.2, 0.25) is 15.9 Å². The average molecular weight is 430 g/mol. The summed E-state index contributed by atoms with van der Waals surface area (Å²) in [5.74, 6) is -0.819. The first-order chi connectivity index (χ1) is 14.4. The van der Waals surface area contributed by atoms with Gasteiger partial charge in [-0.3, -0.25) is 4.79 Å². The summed E-state index contributed by atoms with van der Waals surface area (Å²) in [5, 5.41) is 2.72. The summed E-state index contributed by atoms with van der Waals surface area (Å²) in [6.45, 7) is 3.02. The van der Waals surface area contributed by atoms with Crippen LogP contribution in [0.15, 0.2) is 47.4 Å². The standard InChI is InChI=1S/C21H22N2O6S/c1-14-6-7-15(12-19(14)30(26,27)23-8-10-28-11-9-23)22-20(24)13-18-16-4-2-3-5-17(16)21(25)29-18/h2-7,12,18H,8-11,13H2,1H3,(H,22,24)/t18-/m1/s1. The Morgan fingerprint density at radius 3 is 2.67 bits per heavy atom. The van der Waals surface area contributed by atoms with E-state index < -0.39 is 22.1 Å². The lowest BCUT2D eigenvalue weighted by atomic mass is 10.0. The Hall–Kier alpha value is -2.75. The number of esters is 1. The summed E-state index contributed by atoms with van der Waals surface area (Å²) >= 11 is 0. The van der Waals surface area contributed by atoms with Gasteiger partial charge in [-0.1, -0.05) is 24.3 Å². The van der Waals surface area contributed by atoms with Crippen molar-refractivity contribution in [2.75, 3.05) is 31.6 Å². The molecular formula is C21H22N2O6S. The fraction of sp³-hybridized carbons (Fsp3) is 0.333. The van der Waals surface area contributed by atoms with Gasteiger partial charge in [-0.25, -0.2) is 13.2 Å². The van der Waals surface area contributed by atoms with Crippen molar-refractivity contribution in [3.8, 4) is 0 Å². The molecule has 0 radical (unpaired) electrons. The number of ether oxygens (including phenoxy) is 2. The highest BCUT2D eigenvalue weighted by Crippen LogP contribution is 2.33. The Balaban J connectivity index is 1.50. The smallest absolute Gasteiger partial charge is 0.339 e. The minimum absolute atomic E-state index is 0.0534. The fourth-order valence-electron chi connectivity index (χ4n) is 3.63. The molecule has 2 aromatic rings. The van der Waals surface area contributed by atoms with Crippen molar-refractivity contribution in [3.05, 3.63) is 59.2 Å². The second-order valence-corrected chi connectivity index (χ2v) is 9.14. The van der Waals surface area contributed by atoms with E-state index in [4.69, 9.17) is 9.47 Å². The van der Waals surface area contributed by atoms with Crippen LogP contribution in [0.1, 0.15) is 34.0 Å². The predicted octanol–water partition coefficient (Wildman–Crippen LogP) is 2.26. The van der Waals surface area contributed by atoms with Crippen LogP contribution in [0.3, 0.4) is 0 Å². The number of anilines is 1. The molecule has 1 amide bonds. The number of amides is 1. The molecule has 9 heteroatoms. The first-order valence-electron chi connectivity index (χ1n) is 9.64. The van der Waals surface area contributed by atoms with E-state index >= 15 is 0 Å². The highest BCUT2D eigenvalue weighted by molar-refractivity contribution is 7.89. The number of benzene rings is 2. The van der Waals surface area contributed by atoms with Crippen molar-refractivity contribution in [1.82, 2.24) is 4.31 Å². The maximum absolute atomic E-state index is 13.0. The number of nitrogens with one attached hydrogen (secondary N) is 1. The number of carbonyl (C=O) groups is 2. The molecule has 2 heterocycles. The van der Waals surface area contributed by atoms with Crippen LogP contribution in [0, 0.1) is 6.92 Å². The average Bonchev–Trinajstić information content (AvgIpc) is 3.05. The summed E-state index contributed by atoms with van der Waals surface area (Å²) in [5.41, 5.74) is 2.11. The number of sulfonamides is 1. The third-order valence-electron chi connectivity index (χ3n) is 5.21. The Morgan fingerprint density at radius 1 is 1.17 bits per heavy atom. The highest BCUT2D eigenvalue weighted by Gasteiger charge is 2.32. The molecule has 0 unspecified atom stereocenters. The van der Waals surface area contributed by atoms with E-state index in [1.807, 2.05) is 0 Å². The summed E-state index contributed by atoms with van der Waals surface area (Å²) < 4.78 is 37.9. The molecule has 30 heavy (non-hydrogen) atoms. The van der Waals surface area contributed by atoms with Crippen LogP contribution >= 0.6 is 0 Å². The quantitative estimate of drug-likeness (QED) is 0.730. The Kier molecular flexibility index (Phi) is 5.59. The van der Waals surface area contributed by atoms with Gasteiger partial charge < -0.3 is 14.8 Å². The number of fused-ring (bicyclic) bond motifs is 1. The molecule has 1 N–H and O–H groups in total. The van der Waals surface area contributed by atoms with E-state index in [2.05, 4.69) is 5.32 Å². The molecule has 0 bridgehead atoms. The number of cyclic esters (lactones) is 1. The number of morpholine rings is 1. The molecular weight excluding hydrogens is 408 g/mol. The Bertz CT molecular complexity index is 1090. The zero-order valence-corrected chi connectivity index (χ0v) is 17.3. The van der Waals surface area contributed by atoms with E-state index in [0.717, 1.165) is 0 Å². The van der Waals surface area contributed by atoms with Gasteiger partial charge in [-0.2, -0.15) is 4.31 Å². The van der Waals surface area contributed by atoms with Gasteiger partial charge in [0.15, 0.2) is 0 Å². The van der Waals surface area contributed by atoms with E-state index in [9.17, 15) is 18.0 Å². The van der Waals surface area contributed by atoms with Crippen molar-refractivity contribution >= 4 is 27.6 Å². The van der Waals surface area contributed by atoms with Gasteiger partial charge in [-0.05, 0) is 30.7 Å². The van der Waals surface area contributed by atoms with Gasteiger partial charge in [0.1, 0.15) is 6.10 Å². The number of hydrogen-bond acceptors (Lipinski definition) is 6. The lowest BCUT2D eigenvalue weighted by Crippen LogP contribution is -2.40. The normalized spacial score (nSPS) is 19.2. The third-order valence-corrected chi connectivity index (χ3v) is 7.25. The molecule has 1 saturated heterocycles. The van der Waals surface area contributed by atoms with Crippen LogP contribution in [0.2, 0.25) is 0 Å². The lowest BCUT2D eigenvalue weighted by Gasteiger charge is -2.26. The SMILES string of the molecule is Cc1ccc(NC(=O)C[C@H]2OC(=O)c3ccccc32)cc1S(=O)(=O)N1CCOCC1. The second kappa shape index (κ2) is 8.17. The molecule has 4 rings (SSSR count). The van der Waals surface area contributed by atoms with Gasteiger partial charge in [0.25, 0.3) is 0 Å². The molecule has 0 aromatic heterocycles. The first-order valence-corrected chi connectivity index (χ1v) is 11.1. The van der Waals surface area contributed by atoms with Gasteiger partial charge in [-0.15, -0.1) is 0 Å². The number of nitrogens with zero attached hydrogens (tertiary/aromatic N) is 1.